The number of nitrogens with one attached hydrogen (secondary N) is 1. The molecule has 18 heavy (non-hydrogen) atoms. The first-order valence-electron chi connectivity index (χ1n) is 6.56. The molecule has 1 N–H and O–H groups in total. The zero-order valence-electron chi connectivity index (χ0n) is 11.3. The minimum absolute atomic E-state index is 0.647. The summed E-state index contributed by atoms with van der Waals surface area (Å²) in [5, 5.41) is 4.77. The van der Waals surface area contributed by atoms with Crippen LogP contribution in [0.25, 0.3) is 10.9 Å². The summed E-state index contributed by atoms with van der Waals surface area (Å²) in [4.78, 5) is 0. The number of benzene rings is 1. The normalized spacial score (nSPS) is 19.6. The standard InChI is InChI=1S/C15H20N2O/c1-10-13-8-12(18-3)4-5-14(13)17(2)15(10)11-6-7-16-9-11/h4-5,8,11,16H,6-7,9H2,1-3H3. The van der Waals surface area contributed by atoms with Crippen LogP contribution in [-0.2, 0) is 7.05 Å². The third-order valence-corrected chi connectivity index (χ3v) is 4.16. The van der Waals surface area contributed by atoms with Crippen LogP contribution in [0, 0.1) is 6.92 Å². The fraction of sp³-hybridized carbons (Fsp3) is 0.467. The van der Waals surface area contributed by atoms with Crippen LogP contribution >= 0.6 is 0 Å². The van der Waals surface area contributed by atoms with Crippen LogP contribution in [0.2, 0.25) is 0 Å². The van der Waals surface area contributed by atoms with E-state index in [-0.39, 0.29) is 0 Å². The molecule has 0 saturated carbocycles. The van der Waals surface area contributed by atoms with Crippen LogP contribution in [-0.4, -0.2) is 24.8 Å². The van der Waals surface area contributed by atoms with E-state index < -0.39 is 0 Å². The molecule has 1 aliphatic rings. The quantitative estimate of drug-likeness (QED) is 0.878. The van der Waals surface area contributed by atoms with Gasteiger partial charge in [0, 0.05) is 36.1 Å². The van der Waals surface area contributed by atoms with Crippen molar-refractivity contribution >= 4 is 10.9 Å². The molecular weight excluding hydrogens is 224 g/mol. The lowest BCUT2D eigenvalue weighted by atomic mass is 10.0. The number of hydrogen-bond donors (Lipinski definition) is 1. The largest absolute Gasteiger partial charge is 0.497 e. The molecule has 1 aromatic carbocycles. The average molecular weight is 244 g/mol. The topological polar surface area (TPSA) is 26.2 Å². The third kappa shape index (κ3) is 1.62. The van der Waals surface area contributed by atoms with Crippen molar-refractivity contribution in [2.75, 3.05) is 20.2 Å². The summed E-state index contributed by atoms with van der Waals surface area (Å²) in [6.45, 7) is 4.46. The molecule has 0 bridgehead atoms. The van der Waals surface area contributed by atoms with E-state index in [1.165, 1.54) is 28.6 Å². The monoisotopic (exact) mass is 244 g/mol. The molecular formula is C15H20N2O. The minimum atomic E-state index is 0.647. The number of methoxy groups -OCH3 is 1. The molecule has 2 aromatic rings. The maximum Gasteiger partial charge on any atom is 0.119 e. The molecule has 3 rings (SSSR count). The Bertz CT molecular complexity index is 580. The predicted molar refractivity (Wildman–Crippen MR) is 74.4 cm³/mol. The Morgan fingerprint density at radius 1 is 1.39 bits per heavy atom. The van der Waals surface area contributed by atoms with Gasteiger partial charge in [-0.15, -0.1) is 0 Å². The maximum atomic E-state index is 5.33. The van der Waals surface area contributed by atoms with Crippen molar-refractivity contribution in [3.8, 4) is 5.75 Å². The molecule has 1 aliphatic heterocycles. The van der Waals surface area contributed by atoms with Crippen LogP contribution in [0.5, 0.6) is 5.75 Å². The molecule has 1 fully saturated rings. The molecule has 0 radical (unpaired) electrons. The lowest BCUT2D eigenvalue weighted by Crippen LogP contribution is -2.11. The van der Waals surface area contributed by atoms with Crippen molar-refractivity contribution in [2.24, 2.45) is 7.05 Å². The highest BCUT2D eigenvalue weighted by Crippen LogP contribution is 2.34. The molecule has 0 amide bonds. The van der Waals surface area contributed by atoms with Crippen LogP contribution < -0.4 is 10.1 Å². The van der Waals surface area contributed by atoms with Crippen molar-refractivity contribution in [1.82, 2.24) is 9.88 Å². The fourth-order valence-electron chi connectivity index (χ4n) is 3.22. The summed E-state index contributed by atoms with van der Waals surface area (Å²) < 4.78 is 7.68. The van der Waals surface area contributed by atoms with Gasteiger partial charge in [0.2, 0.25) is 0 Å². The van der Waals surface area contributed by atoms with Crippen molar-refractivity contribution in [1.29, 1.82) is 0 Å². The highest BCUT2D eigenvalue weighted by molar-refractivity contribution is 5.86. The zero-order chi connectivity index (χ0) is 12.7. The van der Waals surface area contributed by atoms with Crippen molar-refractivity contribution in [3.05, 3.63) is 29.5 Å². The van der Waals surface area contributed by atoms with Gasteiger partial charge in [0.15, 0.2) is 0 Å². The van der Waals surface area contributed by atoms with Crippen molar-refractivity contribution in [2.45, 2.75) is 19.3 Å². The molecule has 3 nitrogen and oxygen atoms in total. The Hall–Kier alpha value is -1.48. The van der Waals surface area contributed by atoms with Crippen LogP contribution in [0.1, 0.15) is 23.6 Å². The van der Waals surface area contributed by atoms with E-state index in [9.17, 15) is 0 Å². The summed E-state index contributed by atoms with van der Waals surface area (Å²) in [5.74, 6) is 1.58. The van der Waals surface area contributed by atoms with E-state index in [4.69, 9.17) is 4.74 Å². The van der Waals surface area contributed by atoms with E-state index in [0.29, 0.717) is 5.92 Å². The smallest absolute Gasteiger partial charge is 0.119 e. The van der Waals surface area contributed by atoms with E-state index in [1.54, 1.807) is 7.11 Å². The summed E-state index contributed by atoms with van der Waals surface area (Å²) in [7, 11) is 3.90. The maximum absolute atomic E-state index is 5.33. The van der Waals surface area contributed by atoms with Gasteiger partial charge in [-0.25, -0.2) is 0 Å². The number of hydrogen-bond acceptors (Lipinski definition) is 2. The van der Waals surface area contributed by atoms with Gasteiger partial charge >= 0.3 is 0 Å². The lowest BCUT2D eigenvalue weighted by Gasteiger charge is -2.12. The van der Waals surface area contributed by atoms with Crippen molar-refractivity contribution < 1.29 is 4.74 Å². The Balaban J connectivity index is 2.20. The van der Waals surface area contributed by atoms with E-state index in [2.05, 4.69) is 36.0 Å². The van der Waals surface area contributed by atoms with E-state index in [0.717, 1.165) is 18.8 Å². The Labute approximate surface area is 108 Å². The molecule has 1 saturated heterocycles. The molecule has 2 heterocycles. The SMILES string of the molecule is COc1ccc2c(c1)c(C)c(C1CCNC1)n2C. The molecule has 0 aliphatic carbocycles. The number of aryl methyl sites for hydroxylation is 2. The van der Waals surface area contributed by atoms with Gasteiger partial charge < -0.3 is 14.6 Å². The van der Waals surface area contributed by atoms with Gasteiger partial charge in [-0.2, -0.15) is 0 Å². The van der Waals surface area contributed by atoms with Gasteiger partial charge in [-0.3, -0.25) is 0 Å². The predicted octanol–water partition coefficient (Wildman–Crippen LogP) is 2.57. The van der Waals surface area contributed by atoms with Crippen LogP contribution in [0.4, 0.5) is 0 Å². The molecule has 1 atom stereocenters. The zero-order valence-corrected chi connectivity index (χ0v) is 11.3. The van der Waals surface area contributed by atoms with Crippen molar-refractivity contribution in [3.63, 3.8) is 0 Å². The number of fused-ring (bicyclic) bond motifs is 1. The third-order valence-electron chi connectivity index (χ3n) is 4.16. The second-order valence-electron chi connectivity index (χ2n) is 5.14. The van der Waals surface area contributed by atoms with Crippen LogP contribution in [0.15, 0.2) is 18.2 Å². The van der Waals surface area contributed by atoms with Gasteiger partial charge in [0.25, 0.3) is 0 Å². The number of rotatable bonds is 2. The van der Waals surface area contributed by atoms with E-state index in [1.807, 2.05) is 6.07 Å². The first-order chi connectivity index (χ1) is 8.72. The average Bonchev–Trinajstić information content (AvgIpc) is 2.98. The Morgan fingerprint density at radius 3 is 2.89 bits per heavy atom. The van der Waals surface area contributed by atoms with Gasteiger partial charge in [-0.1, -0.05) is 0 Å². The fourth-order valence-corrected chi connectivity index (χ4v) is 3.22. The molecule has 1 unspecified atom stereocenters. The highest BCUT2D eigenvalue weighted by Gasteiger charge is 2.23. The summed E-state index contributed by atoms with van der Waals surface area (Å²) in [6, 6.07) is 6.35. The van der Waals surface area contributed by atoms with Gasteiger partial charge in [0.1, 0.15) is 5.75 Å². The van der Waals surface area contributed by atoms with Gasteiger partial charge in [-0.05, 0) is 43.7 Å². The summed E-state index contributed by atoms with van der Waals surface area (Å²) in [5.41, 5.74) is 4.18. The highest BCUT2D eigenvalue weighted by atomic mass is 16.5. The number of ether oxygens (including phenoxy) is 1. The van der Waals surface area contributed by atoms with Crippen LogP contribution in [0.3, 0.4) is 0 Å². The molecule has 96 valence electrons. The lowest BCUT2D eigenvalue weighted by molar-refractivity contribution is 0.415. The first-order valence-corrected chi connectivity index (χ1v) is 6.56. The first kappa shape index (κ1) is 11.6. The second kappa shape index (κ2) is 4.32. The number of aromatic nitrogens is 1. The van der Waals surface area contributed by atoms with E-state index >= 15 is 0 Å². The summed E-state index contributed by atoms with van der Waals surface area (Å²) >= 11 is 0. The molecule has 1 aromatic heterocycles. The number of nitrogens with zero attached hydrogens (tertiary/aromatic N) is 1. The molecule has 3 heteroatoms. The summed E-state index contributed by atoms with van der Waals surface area (Å²) in [6.07, 6.45) is 1.24. The minimum Gasteiger partial charge on any atom is -0.497 e. The molecule has 0 spiro atoms. The second-order valence-corrected chi connectivity index (χ2v) is 5.14. The van der Waals surface area contributed by atoms with Gasteiger partial charge in [0.05, 0.1) is 7.11 Å². The Morgan fingerprint density at radius 2 is 2.22 bits per heavy atom. The Kier molecular flexibility index (Phi) is 2.78.